The summed E-state index contributed by atoms with van der Waals surface area (Å²) in [5, 5.41) is 3.78. The Balaban J connectivity index is 2.08. The van der Waals surface area contributed by atoms with Crippen LogP contribution in [0.5, 0.6) is 5.75 Å². The Bertz CT molecular complexity index is 460. The van der Waals surface area contributed by atoms with Crippen LogP contribution >= 0.6 is 23.2 Å². The van der Waals surface area contributed by atoms with E-state index < -0.39 is 0 Å². The molecule has 20 heavy (non-hydrogen) atoms. The Morgan fingerprint density at radius 3 is 2.20 bits per heavy atom. The molecular formula is C15H19Cl2NO2. The molecular weight excluding hydrogens is 297 g/mol. The van der Waals surface area contributed by atoms with Gasteiger partial charge in [-0.2, -0.15) is 0 Å². The van der Waals surface area contributed by atoms with E-state index in [-0.39, 0.29) is 11.9 Å². The third-order valence-corrected chi connectivity index (χ3v) is 4.22. The van der Waals surface area contributed by atoms with E-state index in [2.05, 4.69) is 5.32 Å². The van der Waals surface area contributed by atoms with Crippen molar-refractivity contribution in [3.05, 3.63) is 27.7 Å². The molecule has 0 saturated heterocycles. The summed E-state index contributed by atoms with van der Waals surface area (Å²) < 4.78 is 5.08. The number of rotatable bonds is 3. The number of hydrogen-bond acceptors (Lipinski definition) is 2. The molecule has 1 aromatic rings. The Hall–Kier alpha value is -0.930. The van der Waals surface area contributed by atoms with E-state index in [0.717, 1.165) is 12.8 Å². The van der Waals surface area contributed by atoms with Crippen LogP contribution < -0.4 is 10.1 Å². The molecule has 1 fully saturated rings. The van der Waals surface area contributed by atoms with Crippen molar-refractivity contribution in [3.63, 3.8) is 0 Å². The SMILES string of the molecule is COc1c(Cl)cc(C(=O)NC2CCCCCC2)cc1Cl. The number of benzene rings is 1. The molecule has 0 spiro atoms. The monoisotopic (exact) mass is 315 g/mol. The van der Waals surface area contributed by atoms with Crippen molar-refractivity contribution in [2.75, 3.05) is 7.11 Å². The van der Waals surface area contributed by atoms with Crippen molar-refractivity contribution >= 4 is 29.1 Å². The lowest BCUT2D eigenvalue weighted by molar-refractivity contribution is 0.0933. The van der Waals surface area contributed by atoms with Gasteiger partial charge >= 0.3 is 0 Å². The van der Waals surface area contributed by atoms with Gasteiger partial charge in [-0.15, -0.1) is 0 Å². The second-order valence-corrected chi connectivity index (χ2v) is 5.95. The maximum atomic E-state index is 12.3. The fourth-order valence-corrected chi connectivity index (χ4v) is 3.22. The first-order valence-electron chi connectivity index (χ1n) is 6.95. The summed E-state index contributed by atoms with van der Waals surface area (Å²) in [5.41, 5.74) is 0.477. The van der Waals surface area contributed by atoms with E-state index in [1.807, 2.05) is 0 Å². The van der Waals surface area contributed by atoms with Gasteiger partial charge in [-0.25, -0.2) is 0 Å². The van der Waals surface area contributed by atoms with Gasteiger partial charge in [0.15, 0.2) is 5.75 Å². The van der Waals surface area contributed by atoms with Crippen molar-refractivity contribution in [3.8, 4) is 5.75 Å². The lowest BCUT2D eigenvalue weighted by atomic mass is 10.1. The van der Waals surface area contributed by atoms with Crippen LogP contribution in [-0.2, 0) is 0 Å². The number of amides is 1. The first-order chi connectivity index (χ1) is 9.61. The minimum Gasteiger partial charge on any atom is -0.494 e. The van der Waals surface area contributed by atoms with Crippen LogP contribution in [0.2, 0.25) is 10.0 Å². The Morgan fingerprint density at radius 2 is 1.70 bits per heavy atom. The van der Waals surface area contributed by atoms with E-state index in [9.17, 15) is 4.79 Å². The average Bonchev–Trinajstić information content (AvgIpc) is 2.67. The molecule has 3 nitrogen and oxygen atoms in total. The van der Waals surface area contributed by atoms with Crippen molar-refractivity contribution in [1.82, 2.24) is 5.32 Å². The second kappa shape index (κ2) is 7.19. The van der Waals surface area contributed by atoms with Crippen LogP contribution in [0, 0.1) is 0 Å². The Kier molecular flexibility index (Phi) is 5.55. The molecule has 110 valence electrons. The number of carbonyl (C=O) groups is 1. The molecule has 1 saturated carbocycles. The molecule has 0 aliphatic heterocycles. The molecule has 5 heteroatoms. The summed E-state index contributed by atoms with van der Waals surface area (Å²) in [7, 11) is 1.50. The van der Waals surface area contributed by atoms with Gasteiger partial charge in [0.2, 0.25) is 0 Å². The highest BCUT2D eigenvalue weighted by atomic mass is 35.5. The van der Waals surface area contributed by atoms with E-state index in [0.29, 0.717) is 21.4 Å². The maximum absolute atomic E-state index is 12.3. The Morgan fingerprint density at radius 1 is 1.15 bits per heavy atom. The van der Waals surface area contributed by atoms with Crippen molar-refractivity contribution in [2.24, 2.45) is 0 Å². The number of hydrogen-bond donors (Lipinski definition) is 1. The van der Waals surface area contributed by atoms with E-state index in [1.54, 1.807) is 12.1 Å². The van der Waals surface area contributed by atoms with Crippen LogP contribution in [0.25, 0.3) is 0 Å². The van der Waals surface area contributed by atoms with Crippen molar-refractivity contribution in [1.29, 1.82) is 0 Å². The van der Waals surface area contributed by atoms with E-state index in [1.165, 1.54) is 32.8 Å². The van der Waals surface area contributed by atoms with Crippen LogP contribution in [0.3, 0.4) is 0 Å². The molecule has 0 unspecified atom stereocenters. The highest BCUT2D eigenvalue weighted by Gasteiger charge is 2.18. The highest BCUT2D eigenvalue weighted by molar-refractivity contribution is 6.37. The van der Waals surface area contributed by atoms with Gasteiger partial charge in [0.1, 0.15) is 0 Å². The zero-order valence-electron chi connectivity index (χ0n) is 11.5. The molecule has 1 aliphatic carbocycles. The van der Waals surface area contributed by atoms with Gasteiger partial charge in [-0.3, -0.25) is 4.79 Å². The summed E-state index contributed by atoms with van der Waals surface area (Å²) >= 11 is 12.1. The van der Waals surface area contributed by atoms with Crippen LogP contribution in [0.1, 0.15) is 48.9 Å². The fourth-order valence-electron chi connectivity index (χ4n) is 2.58. The molecule has 0 radical (unpaired) electrons. The average molecular weight is 316 g/mol. The molecule has 0 bridgehead atoms. The lowest BCUT2D eigenvalue weighted by Gasteiger charge is -2.17. The smallest absolute Gasteiger partial charge is 0.251 e. The largest absolute Gasteiger partial charge is 0.494 e. The minimum atomic E-state index is -0.122. The molecule has 1 aliphatic rings. The summed E-state index contributed by atoms with van der Waals surface area (Å²) in [6.45, 7) is 0. The molecule has 0 aromatic heterocycles. The summed E-state index contributed by atoms with van der Waals surface area (Å²) in [6, 6.07) is 3.45. The van der Waals surface area contributed by atoms with Gasteiger partial charge < -0.3 is 10.1 Å². The third kappa shape index (κ3) is 3.80. The fraction of sp³-hybridized carbons (Fsp3) is 0.533. The first kappa shape index (κ1) is 15.5. The minimum absolute atomic E-state index is 0.122. The first-order valence-corrected chi connectivity index (χ1v) is 7.71. The van der Waals surface area contributed by atoms with Gasteiger partial charge in [0, 0.05) is 11.6 Å². The zero-order valence-corrected chi connectivity index (χ0v) is 13.1. The third-order valence-electron chi connectivity index (χ3n) is 3.65. The number of carbonyl (C=O) groups excluding carboxylic acids is 1. The molecule has 1 amide bonds. The molecule has 1 aromatic carbocycles. The predicted molar refractivity (Wildman–Crippen MR) is 82.0 cm³/mol. The van der Waals surface area contributed by atoms with Gasteiger partial charge in [-0.1, -0.05) is 48.9 Å². The Labute approximate surface area is 129 Å². The van der Waals surface area contributed by atoms with Crippen molar-refractivity contribution in [2.45, 2.75) is 44.6 Å². The maximum Gasteiger partial charge on any atom is 0.251 e. The molecule has 2 rings (SSSR count). The number of nitrogens with one attached hydrogen (secondary N) is 1. The molecule has 0 atom stereocenters. The predicted octanol–water partition coefficient (Wildman–Crippen LogP) is 4.45. The highest BCUT2D eigenvalue weighted by Crippen LogP contribution is 2.33. The van der Waals surface area contributed by atoms with Crippen molar-refractivity contribution < 1.29 is 9.53 Å². The van der Waals surface area contributed by atoms with Crippen LogP contribution in [0.4, 0.5) is 0 Å². The number of ether oxygens (including phenoxy) is 1. The van der Waals surface area contributed by atoms with Crippen LogP contribution in [-0.4, -0.2) is 19.1 Å². The van der Waals surface area contributed by atoms with Crippen LogP contribution in [0.15, 0.2) is 12.1 Å². The van der Waals surface area contributed by atoms with Gasteiger partial charge in [0.25, 0.3) is 5.91 Å². The summed E-state index contributed by atoms with van der Waals surface area (Å²) in [6.07, 6.45) is 6.95. The molecule has 0 heterocycles. The van der Waals surface area contributed by atoms with E-state index in [4.69, 9.17) is 27.9 Å². The quantitative estimate of drug-likeness (QED) is 0.836. The second-order valence-electron chi connectivity index (χ2n) is 5.14. The van der Waals surface area contributed by atoms with Gasteiger partial charge in [-0.05, 0) is 25.0 Å². The molecule has 1 N–H and O–H groups in total. The van der Waals surface area contributed by atoms with Gasteiger partial charge in [0.05, 0.1) is 17.2 Å². The number of methoxy groups -OCH3 is 1. The zero-order chi connectivity index (χ0) is 14.5. The van der Waals surface area contributed by atoms with E-state index >= 15 is 0 Å². The summed E-state index contributed by atoms with van der Waals surface area (Å²) in [5.74, 6) is 0.280. The standard InChI is InChI=1S/C15H19Cl2NO2/c1-20-14-12(16)8-10(9-13(14)17)15(19)18-11-6-4-2-3-5-7-11/h8-9,11H,2-7H2,1H3,(H,18,19). The topological polar surface area (TPSA) is 38.3 Å². The summed E-state index contributed by atoms with van der Waals surface area (Å²) in [4.78, 5) is 12.3. The lowest BCUT2D eigenvalue weighted by Crippen LogP contribution is -2.34. The normalized spacial score (nSPS) is 16.6. The number of halogens is 2.